The second-order valence-electron chi connectivity index (χ2n) is 5.84. The molecule has 0 spiro atoms. The molecule has 1 N–H and O–H groups in total. The summed E-state index contributed by atoms with van der Waals surface area (Å²) in [4.78, 5) is 11.1. The molecule has 0 amide bonds. The Morgan fingerprint density at radius 2 is 1.73 bits per heavy atom. The Kier molecular flexibility index (Phi) is 6.15. The van der Waals surface area contributed by atoms with Gasteiger partial charge in [-0.2, -0.15) is 0 Å². The smallest absolute Gasteiger partial charge is 0.343 e. The average molecular weight is 398 g/mol. The Labute approximate surface area is 158 Å². The maximum Gasteiger partial charge on any atom is 0.343 e. The molecule has 0 heterocycles. The third-order valence-electron chi connectivity index (χ3n) is 3.70. The standard InChI is InChI=1S/C18H20ClNO5S/c1-11-7-12(2)18(13(3)8-11)20-26(22,23)14-5-6-16(15(19)9-14)25-10-17(21)24-4/h5-9,20H,10H2,1-4H3. The first-order valence-corrected chi connectivity index (χ1v) is 9.60. The lowest BCUT2D eigenvalue weighted by molar-refractivity contribution is -0.142. The Balaban J connectivity index is 2.27. The van der Waals surface area contributed by atoms with Gasteiger partial charge in [0.25, 0.3) is 10.0 Å². The van der Waals surface area contributed by atoms with Crippen molar-refractivity contribution in [2.75, 3.05) is 18.4 Å². The van der Waals surface area contributed by atoms with Gasteiger partial charge in [0.2, 0.25) is 0 Å². The van der Waals surface area contributed by atoms with Crippen molar-refractivity contribution in [1.82, 2.24) is 0 Å². The molecule has 0 aliphatic heterocycles. The number of hydrogen-bond acceptors (Lipinski definition) is 5. The van der Waals surface area contributed by atoms with E-state index in [1.165, 1.54) is 25.3 Å². The molecule has 0 saturated carbocycles. The molecule has 2 rings (SSSR count). The van der Waals surface area contributed by atoms with Gasteiger partial charge >= 0.3 is 5.97 Å². The third kappa shape index (κ3) is 4.68. The zero-order chi connectivity index (χ0) is 19.5. The van der Waals surface area contributed by atoms with Crippen LogP contribution in [0, 0.1) is 20.8 Å². The van der Waals surface area contributed by atoms with Crippen molar-refractivity contribution in [3.8, 4) is 5.75 Å². The van der Waals surface area contributed by atoms with Gasteiger partial charge in [0.1, 0.15) is 5.75 Å². The number of nitrogens with one attached hydrogen (secondary N) is 1. The van der Waals surface area contributed by atoms with Crippen molar-refractivity contribution in [3.05, 3.63) is 52.0 Å². The minimum absolute atomic E-state index is 0.00714. The fourth-order valence-corrected chi connectivity index (χ4v) is 4.02. The van der Waals surface area contributed by atoms with Crippen molar-refractivity contribution in [2.24, 2.45) is 0 Å². The first-order chi connectivity index (χ1) is 12.1. The van der Waals surface area contributed by atoms with E-state index >= 15 is 0 Å². The molecule has 26 heavy (non-hydrogen) atoms. The highest BCUT2D eigenvalue weighted by Gasteiger charge is 2.19. The van der Waals surface area contributed by atoms with Crippen molar-refractivity contribution < 1.29 is 22.7 Å². The number of ether oxygens (including phenoxy) is 2. The Morgan fingerprint density at radius 1 is 1.12 bits per heavy atom. The van der Waals surface area contributed by atoms with Gasteiger partial charge < -0.3 is 9.47 Å². The highest BCUT2D eigenvalue weighted by molar-refractivity contribution is 7.92. The van der Waals surface area contributed by atoms with Gasteiger partial charge in [-0.3, -0.25) is 4.72 Å². The van der Waals surface area contributed by atoms with E-state index < -0.39 is 16.0 Å². The Hall–Kier alpha value is -2.25. The number of benzene rings is 2. The summed E-state index contributed by atoms with van der Waals surface area (Å²) in [6, 6.07) is 7.84. The van der Waals surface area contributed by atoms with Crippen LogP contribution in [0.2, 0.25) is 5.02 Å². The van der Waals surface area contributed by atoms with Crippen LogP contribution in [-0.4, -0.2) is 28.1 Å². The summed E-state index contributed by atoms with van der Waals surface area (Å²) in [6.07, 6.45) is 0. The second kappa shape index (κ2) is 7.97. The predicted octanol–water partition coefficient (Wildman–Crippen LogP) is 3.62. The molecule has 0 radical (unpaired) electrons. The Morgan fingerprint density at radius 3 is 2.27 bits per heavy atom. The summed E-state index contributed by atoms with van der Waals surface area (Å²) in [5.74, 6) is -0.372. The van der Waals surface area contributed by atoms with Crippen LogP contribution in [0.3, 0.4) is 0 Å². The van der Waals surface area contributed by atoms with Crippen LogP contribution in [0.15, 0.2) is 35.2 Å². The number of halogens is 1. The summed E-state index contributed by atoms with van der Waals surface area (Å²) in [6.45, 7) is 5.32. The number of aryl methyl sites for hydroxylation is 3. The van der Waals surface area contributed by atoms with Crippen LogP contribution < -0.4 is 9.46 Å². The number of esters is 1. The molecule has 2 aromatic rings. The number of methoxy groups -OCH3 is 1. The van der Waals surface area contributed by atoms with Crippen LogP contribution in [-0.2, 0) is 19.6 Å². The number of carbonyl (C=O) groups is 1. The zero-order valence-corrected chi connectivity index (χ0v) is 16.5. The van der Waals surface area contributed by atoms with Crippen LogP contribution in [0.5, 0.6) is 5.75 Å². The maximum absolute atomic E-state index is 12.7. The fraction of sp³-hybridized carbons (Fsp3) is 0.278. The molecular weight excluding hydrogens is 378 g/mol. The van der Waals surface area contributed by atoms with Gasteiger partial charge in [0, 0.05) is 0 Å². The van der Waals surface area contributed by atoms with Crippen molar-refractivity contribution in [2.45, 2.75) is 25.7 Å². The highest BCUT2D eigenvalue weighted by atomic mass is 35.5. The van der Waals surface area contributed by atoms with E-state index in [1.54, 1.807) is 0 Å². The van der Waals surface area contributed by atoms with Gasteiger partial charge in [-0.1, -0.05) is 29.3 Å². The van der Waals surface area contributed by atoms with Gasteiger partial charge in [-0.05, 0) is 50.1 Å². The monoisotopic (exact) mass is 397 g/mol. The van der Waals surface area contributed by atoms with Crippen LogP contribution in [0.25, 0.3) is 0 Å². The molecule has 8 heteroatoms. The maximum atomic E-state index is 12.7. The molecule has 2 aromatic carbocycles. The summed E-state index contributed by atoms with van der Waals surface area (Å²) in [5, 5.41) is 0.0779. The van der Waals surface area contributed by atoms with Gasteiger partial charge in [-0.15, -0.1) is 0 Å². The lowest BCUT2D eigenvalue weighted by Crippen LogP contribution is -2.15. The quantitative estimate of drug-likeness (QED) is 0.753. The van der Waals surface area contributed by atoms with Crippen molar-refractivity contribution in [3.63, 3.8) is 0 Å². The average Bonchev–Trinajstić information content (AvgIpc) is 2.56. The molecule has 0 saturated heterocycles. The molecular formula is C18H20ClNO5S. The number of sulfonamides is 1. The molecule has 0 aromatic heterocycles. The fourth-order valence-electron chi connectivity index (χ4n) is 2.50. The van der Waals surface area contributed by atoms with Crippen LogP contribution >= 0.6 is 11.6 Å². The number of hydrogen-bond donors (Lipinski definition) is 1. The normalized spacial score (nSPS) is 11.1. The van der Waals surface area contributed by atoms with E-state index in [-0.39, 0.29) is 22.3 Å². The van der Waals surface area contributed by atoms with Crippen LogP contribution in [0.1, 0.15) is 16.7 Å². The van der Waals surface area contributed by atoms with E-state index in [1.807, 2.05) is 32.9 Å². The van der Waals surface area contributed by atoms with Gasteiger partial charge in [0.05, 0.1) is 22.7 Å². The van der Waals surface area contributed by atoms with E-state index in [9.17, 15) is 13.2 Å². The van der Waals surface area contributed by atoms with Crippen molar-refractivity contribution >= 4 is 33.3 Å². The molecule has 140 valence electrons. The molecule has 0 bridgehead atoms. The summed E-state index contributed by atoms with van der Waals surface area (Å²) < 4.78 is 37.6. The lowest BCUT2D eigenvalue weighted by atomic mass is 10.1. The first-order valence-electron chi connectivity index (χ1n) is 7.74. The minimum Gasteiger partial charge on any atom is -0.480 e. The van der Waals surface area contributed by atoms with E-state index in [2.05, 4.69) is 9.46 Å². The highest BCUT2D eigenvalue weighted by Crippen LogP contribution is 2.30. The molecule has 0 unspecified atom stereocenters. The summed E-state index contributed by atoms with van der Waals surface area (Å²) in [5.41, 5.74) is 3.25. The number of rotatable bonds is 6. The lowest BCUT2D eigenvalue weighted by Gasteiger charge is -2.15. The number of anilines is 1. The number of carbonyl (C=O) groups excluding carboxylic acids is 1. The summed E-state index contributed by atoms with van der Waals surface area (Å²) in [7, 11) is -2.59. The van der Waals surface area contributed by atoms with Crippen LogP contribution in [0.4, 0.5) is 5.69 Å². The Bertz CT molecular complexity index is 918. The van der Waals surface area contributed by atoms with E-state index in [4.69, 9.17) is 16.3 Å². The topological polar surface area (TPSA) is 81.7 Å². The largest absolute Gasteiger partial charge is 0.480 e. The molecule has 0 aliphatic rings. The molecule has 6 nitrogen and oxygen atoms in total. The van der Waals surface area contributed by atoms with E-state index in [0.717, 1.165) is 16.7 Å². The molecule has 0 atom stereocenters. The minimum atomic E-state index is -3.83. The second-order valence-corrected chi connectivity index (χ2v) is 7.93. The van der Waals surface area contributed by atoms with Crippen molar-refractivity contribution in [1.29, 1.82) is 0 Å². The molecule has 0 fully saturated rings. The predicted molar refractivity (Wildman–Crippen MR) is 100 cm³/mol. The first kappa shape index (κ1) is 20.1. The summed E-state index contributed by atoms with van der Waals surface area (Å²) >= 11 is 6.08. The SMILES string of the molecule is COC(=O)COc1ccc(S(=O)(=O)Nc2c(C)cc(C)cc2C)cc1Cl. The van der Waals surface area contributed by atoms with E-state index in [0.29, 0.717) is 5.69 Å². The zero-order valence-electron chi connectivity index (χ0n) is 14.9. The van der Waals surface area contributed by atoms with Gasteiger partial charge in [0.15, 0.2) is 6.61 Å². The van der Waals surface area contributed by atoms with Gasteiger partial charge in [-0.25, -0.2) is 13.2 Å². The third-order valence-corrected chi connectivity index (χ3v) is 5.34. The molecule has 0 aliphatic carbocycles.